The number of nitrogens with zero attached hydrogens (tertiary/aromatic N) is 4. The van der Waals surface area contributed by atoms with Crippen LogP contribution in [0.5, 0.6) is 0 Å². The Morgan fingerprint density at radius 3 is 2.01 bits per heavy atom. The summed E-state index contributed by atoms with van der Waals surface area (Å²) in [4.78, 5) is 65.0. The van der Waals surface area contributed by atoms with Crippen LogP contribution in [0.4, 0.5) is 0 Å². The third-order valence-electron chi connectivity index (χ3n) is 13.9. The minimum atomic E-state index is -1.10. The molecule has 3 atom stereocenters. The van der Waals surface area contributed by atoms with E-state index >= 15 is 0 Å². The zero-order chi connectivity index (χ0) is 49.8. The lowest BCUT2D eigenvalue weighted by Gasteiger charge is -2.35. The number of aliphatic hydroxyl groups is 1. The highest BCUT2D eigenvalue weighted by molar-refractivity contribution is 7.13. The number of aryl methyl sites for hydroxylation is 4. The number of carbonyl (C=O) groups is 4. The second-order valence-corrected chi connectivity index (χ2v) is 21.1. The molecule has 15 nitrogen and oxygen atoms in total. The number of aliphatic hydroxyl groups excluding tert-OH is 1. The fourth-order valence-corrected chi connectivity index (χ4v) is 10.8. The van der Waals surface area contributed by atoms with Crippen molar-refractivity contribution in [3.05, 3.63) is 81.2 Å². The number of likely N-dealkylation sites (tertiary alicyclic amines) is 1. The molecular weight excluding hydrogens is 897 g/mol. The molecule has 2 aromatic carbocycles. The molecule has 3 heterocycles. The number of carbonyl (C=O) groups excluding carboxylic acids is 3. The van der Waals surface area contributed by atoms with Crippen molar-refractivity contribution in [2.24, 2.45) is 11.3 Å². The SMILES string of the molecule is Cc1cc(C)c(/C(C(=O)O)=C(\O)C2CCC(OCCOCCN3CCN(CCOCC(=O)NC(C(=O)N4CCCC4C(=O)NC(C)c4ccc(-c5scnc5C)cc4)C(C)(C)C)CC3)CC2)c(C)c1. The molecule has 1 aliphatic carbocycles. The normalized spacial score (nSPS) is 20.6. The lowest BCUT2D eigenvalue weighted by Crippen LogP contribution is -2.58. The van der Waals surface area contributed by atoms with Gasteiger partial charge in [-0.05, 0) is 106 Å². The second-order valence-electron chi connectivity index (χ2n) is 20.2. The van der Waals surface area contributed by atoms with Gasteiger partial charge in [-0.2, -0.15) is 0 Å². The molecule has 0 spiro atoms. The Bertz CT molecular complexity index is 2220. The molecule has 1 aromatic heterocycles. The number of allylic oxidation sites excluding steroid dienone is 1. The van der Waals surface area contributed by atoms with E-state index in [1.165, 1.54) is 0 Å². The molecule has 0 radical (unpaired) electrons. The van der Waals surface area contributed by atoms with Crippen molar-refractivity contribution in [1.82, 2.24) is 30.3 Å². The fourth-order valence-electron chi connectivity index (χ4n) is 10.0. The van der Waals surface area contributed by atoms with Gasteiger partial charge in [0.1, 0.15) is 30.0 Å². The number of thiazole rings is 1. The van der Waals surface area contributed by atoms with Gasteiger partial charge in [0.05, 0.1) is 54.7 Å². The summed E-state index contributed by atoms with van der Waals surface area (Å²) in [6.07, 6.45) is 4.17. The van der Waals surface area contributed by atoms with Crippen LogP contribution in [0.15, 0.2) is 47.7 Å². The Kier molecular flexibility index (Phi) is 19.4. The van der Waals surface area contributed by atoms with Crippen LogP contribution in [-0.4, -0.2) is 151 Å². The summed E-state index contributed by atoms with van der Waals surface area (Å²) in [5.74, 6) is -2.16. The van der Waals surface area contributed by atoms with E-state index in [0.717, 1.165) is 84.0 Å². The quantitative estimate of drug-likeness (QED) is 0.0487. The summed E-state index contributed by atoms with van der Waals surface area (Å²) >= 11 is 1.60. The number of piperazine rings is 1. The lowest BCUT2D eigenvalue weighted by atomic mass is 9.82. The second kappa shape index (κ2) is 24.9. The molecule has 3 aliphatic rings. The van der Waals surface area contributed by atoms with Gasteiger partial charge in [-0.25, -0.2) is 9.78 Å². The van der Waals surface area contributed by atoms with Crippen LogP contribution in [0.25, 0.3) is 16.0 Å². The number of hydrogen-bond donors (Lipinski definition) is 4. The minimum Gasteiger partial charge on any atom is -0.511 e. The number of hydrogen-bond acceptors (Lipinski definition) is 12. The fraction of sp³-hybridized carbons (Fsp3) is 0.604. The van der Waals surface area contributed by atoms with E-state index in [-0.39, 0.29) is 53.7 Å². The van der Waals surface area contributed by atoms with Crippen LogP contribution in [0.1, 0.15) is 106 Å². The van der Waals surface area contributed by atoms with Crippen LogP contribution in [-0.2, 0) is 33.4 Å². The highest BCUT2D eigenvalue weighted by Crippen LogP contribution is 2.36. The van der Waals surface area contributed by atoms with Crippen molar-refractivity contribution in [3.63, 3.8) is 0 Å². The van der Waals surface area contributed by atoms with E-state index in [1.54, 1.807) is 16.2 Å². The topological polar surface area (TPSA) is 183 Å². The van der Waals surface area contributed by atoms with Crippen LogP contribution < -0.4 is 10.6 Å². The molecule has 3 amide bonds. The van der Waals surface area contributed by atoms with Crippen molar-refractivity contribution in [2.45, 2.75) is 118 Å². The zero-order valence-corrected chi connectivity index (χ0v) is 42.9. The van der Waals surface area contributed by atoms with E-state index in [1.807, 2.05) is 97.3 Å². The third-order valence-corrected chi connectivity index (χ3v) is 14.9. The summed E-state index contributed by atoms with van der Waals surface area (Å²) in [6, 6.07) is 10.3. The van der Waals surface area contributed by atoms with E-state index in [0.29, 0.717) is 70.8 Å². The summed E-state index contributed by atoms with van der Waals surface area (Å²) < 4.78 is 17.8. The monoisotopic (exact) mass is 973 g/mol. The van der Waals surface area contributed by atoms with Crippen LogP contribution in [0, 0.1) is 39.0 Å². The number of rotatable bonds is 21. The highest BCUT2D eigenvalue weighted by Gasteiger charge is 2.42. The molecule has 3 fully saturated rings. The first-order chi connectivity index (χ1) is 32.9. The van der Waals surface area contributed by atoms with Gasteiger partial charge >= 0.3 is 5.97 Å². The van der Waals surface area contributed by atoms with E-state index in [2.05, 4.69) is 25.4 Å². The van der Waals surface area contributed by atoms with Crippen LogP contribution >= 0.6 is 11.3 Å². The summed E-state index contributed by atoms with van der Waals surface area (Å²) in [7, 11) is 0. The number of nitrogens with one attached hydrogen (secondary N) is 2. The number of aliphatic carboxylic acids is 1. The van der Waals surface area contributed by atoms with E-state index < -0.39 is 23.5 Å². The summed E-state index contributed by atoms with van der Waals surface area (Å²) in [5.41, 5.74) is 7.68. The van der Waals surface area contributed by atoms with Crippen molar-refractivity contribution in [1.29, 1.82) is 0 Å². The minimum absolute atomic E-state index is 0.0150. The highest BCUT2D eigenvalue weighted by atomic mass is 32.1. The Labute approximate surface area is 413 Å². The maximum Gasteiger partial charge on any atom is 0.339 e. The first-order valence-corrected chi connectivity index (χ1v) is 25.7. The maximum atomic E-state index is 14.1. The molecule has 3 aromatic rings. The smallest absolute Gasteiger partial charge is 0.339 e. The largest absolute Gasteiger partial charge is 0.511 e. The van der Waals surface area contributed by atoms with Crippen LogP contribution in [0.2, 0.25) is 0 Å². The molecule has 378 valence electrons. The molecule has 16 heteroatoms. The number of benzene rings is 2. The molecule has 3 unspecified atom stereocenters. The molecule has 6 rings (SSSR count). The van der Waals surface area contributed by atoms with Gasteiger partial charge in [-0.1, -0.05) is 62.7 Å². The predicted octanol–water partition coefficient (Wildman–Crippen LogP) is 7.02. The maximum absolute atomic E-state index is 14.1. The van der Waals surface area contributed by atoms with Crippen molar-refractivity contribution < 1.29 is 43.6 Å². The van der Waals surface area contributed by atoms with Crippen molar-refractivity contribution in [2.75, 3.05) is 78.8 Å². The molecule has 4 N–H and O–H groups in total. The first kappa shape index (κ1) is 53.6. The molecule has 2 aliphatic heterocycles. The van der Waals surface area contributed by atoms with Crippen molar-refractivity contribution >= 4 is 40.6 Å². The molecule has 69 heavy (non-hydrogen) atoms. The van der Waals surface area contributed by atoms with Gasteiger partial charge < -0.3 is 40.0 Å². The Morgan fingerprint density at radius 1 is 0.812 bits per heavy atom. The standard InChI is InChI=1S/C53H76N6O9S/c1-34-30-35(2)45(36(3)31-34)46(52(64)65)47(61)40-15-17-42(18-16-40)68-29-28-66-26-24-57-20-22-58(23-21-57)25-27-67-32-44(60)56-49(53(6,7)8)51(63)59-19-9-10-43(59)50(62)55-37(4)39-11-13-41(14-12-39)48-38(5)54-33-69-48/h11-14,30-31,33,37,40,42-43,49,61H,9-10,15-29,32H2,1-8H3,(H,55,62)(H,56,60)(H,64,65)/b47-46+. The molecule has 0 bridgehead atoms. The first-order valence-electron chi connectivity index (χ1n) is 24.8. The Morgan fingerprint density at radius 2 is 1.43 bits per heavy atom. The van der Waals surface area contributed by atoms with Crippen molar-refractivity contribution in [3.8, 4) is 10.4 Å². The Balaban J connectivity index is 0.827. The number of ether oxygens (including phenoxy) is 3. The Hall–Kier alpha value is -4.71. The van der Waals surface area contributed by atoms with Gasteiger partial charge in [0.25, 0.3) is 0 Å². The number of carboxylic acids is 1. The predicted molar refractivity (Wildman–Crippen MR) is 269 cm³/mol. The third kappa shape index (κ3) is 14.7. The summed E-state index contributed by atoms with van der Waals surface area (Å²) in [6.45, 7) is 22.8. The average molecular weight is 973 g/mol. The van der Waals surface area contributed by atoms with Gasteiger partial charge in [0.2, 0.25) is 17.7 Å². The average Bonchev–Trinajstić information content (AvgIpc) is 3.99. The molecule has 2 saturated heterocycles. The molecule has 1 saturated carbocycles. The summed E-state index contributed by atoms with van der Waals surface area (Å²) in [5, 5.41) is 27.3. The van der Waals surface area contributed by atoms with Gasteiger partial charge in [0, 0.05) is 51.7 Å². The number of amides is 3. The molecular formula is C53H76N6O9S. The zero-order valence-electron chi connectivity index (χ0n) is 42.1. The van der Waals surface area contributed by atoms with Gasteiger partial charge in [-0.15, -0.1) is 11.3 Å². The van der Waals surface area contributed by atoms with Crippen LogP contribution in [0.3, 0.4) is 0 Å². The number of aromatic nitrogens is 1. The van der Waals surface area contributed by atoms with E-state index in [9.17, 15) is 29.4 Å². The van der Waals surface area contributed by atoms with Gasteiger partial charge in [-0.3, -0.25) is 24.2 Å². The number of carboxylic acid groups (broad SMARTS) is 1. The van der Waals surface area contributed by atoms with E-state index in [4.69, 9.17) is 14.2 Å². The lowest BCUT2D eigenvalue weighted by molar-refractivity contribution is -0.144. The van der Waals surface area contributed by atoms with Gasteiger partial charge in [0.15, 0.2) is 0 Å².